The van der Waals surface area contributed by atoms with Crippen molar-refractivity contribution >= 4 is 18.1 Å². The monoisotopic (exact) mass is 334 g/mol. The fraction of sp³-hybridized carbons (Fsp3) is 0.500. The average molecular weight is 334 g/mol. The third-order valence-electron chi connectivity index (χ3n) is 3.96. The number of nitrogens with zero attached hydrogens (tertiary/aromatic N) is 1. The molecule has 24 heavy (non-hydrogen) atoms. The van der Waals surface area contributed by atoms with Gasteiger partial charge < -0.3 is 19.7 Å². The van der Waals surface area contributed by atoms with Crippen LogP contribution >= 0.6 is 0 Å². The van der Waals surface area contributed by atoms with Gasteiger partial charge in [-0.3, -0.25) is 9.59 Å². The van der Waals surface area contributed by atoms with E-state index >= 15 is 0 Å². The third-order valence-corrected chi connectivity index (χ3v) is 3.96. The van der Waals surface area contributed by atoms with Gasteiger partial charge in [-0.1, -0.05) is 19.9 Å². The summed E-state index contributed by atoms with van der Waals surface area (Å²) in [6, 6.07) is 2.94. The van der Waals surface area contributed by atoms with Gasteiger partial charge in [-0.15, -0.1) is 0 Å². The maximum atomic E-state index is 12.6. The molecule has 1 heterocycles. The van der Waals surface area contributed by atoms with Crippen molar-refractivity contribution < 1.29 is 19.1 Å². The van der Waals surface area contributed by atoms with Crippen molar-refractivity contribution in [2.45, 2.75) is 46.2 Å². The van der Waals surface area contributed by atoms with Crippen LogP contribution in [0.2, 0.25) is 0 Å². The first-order valence-electron chi connectivity index (χ1n) is 8.17. The predicted octanol–water partition coefficient (Wildman–Crippen LogP) is 2.08. The maximum absolute atomic E-state index is 12.6. The number of ether oxygens (including phenoxy) is 1. The van der Waals surface area contributed by atoms with Gasteiger partial charge in [0, 0.05) is 24.6 Å². The number of aryl methyl sites for hydroxylation is 1. The van der Waals surface area contributed by atoms with Gasteiger partial charge in [-0.25, -0.2) is 0 Å². The molecular weight excluding hydrogens is 308 g/mol. The van der Waals surface area contributed by atoms with Crippen molar-refractivity contribution in [2.24, 2.45) is 0 Å². The Morgan fingerprint density at radius 1 is 1.42 bits per heavy atom. The first kappa shape index (κ1) is 19.7. The standard InChI is InChI=1S/C16H20N2O4.C2H6/c1-10-6-7-11-12(14(10)22-3)9-18(16(11)21)13(5-4-8-19)15(20)17-2;1-2/h6-8,13H,4-5,9H2,1-3H3,(H,17,20);1-2H3. The zero-order chi connectivity index (χ0) is 18.3. The van der Waals surface area contributed by atoms with E-state index in [2.05, 4.69) is 5.32 Å². The van der Waals surface area contributed by atoms with E-state index < -0.39 is 6.04 Å². The van der Waals surface area contributed by atoms with Crippen molar-refractivity contribution in [1.29, 1.82) is 0 Å². The average Bonchev–Trinajstić information content (AvgIpc) is 2.93. The molecule has 0 saturated carbocycles. The predicted molar refractivity (Wildman–Crippen MR) is 92.1 cm³/mol. The van der Waals surface area contributed by atoms with Gasteiger partial charge in [0.1, 0.15) is 18.1 Å². The Balaban J connectivity index is 0.00000139. The lowest BCUT2D eigenvalue weighted by Crippen LogP contribution is -2.46. The van der Waals surface area contributed by atoms with E-state index in [0.717, 1.165) is 17.4 Å². The van der Waals surface area contributed by atoms with Crippen LogP contribution in [0, 0.1) is 6.92 Å². The number of carbonyl (C=O) groups excluding carboxylic acids is 3. The Morgan fingerprint density at radius 2 is 2.08 bits per heavy atom. The van der Waals surface area contributed by atoms with Crippen LogP contribution in [0.15, 0.2) is 12.1 Å². The molecule has 0 radical (unpaired) electrons. The molecule has 1 aromatic rings. The Kier molecular flexibility index (Phi) is 7.42. The summed E-state index contributed by atoms with van der Waals surface area (Å²) < 4.78 is 5.40. The lowest BCUT2D eigenvalue weighted by molar-refractivity contribution is -0.125. The molecule has 1 aliphatic rings. The molecule has 1 unspecified atom stereocenters. The molecule has 0 saturated heterocycles. The molecule has 132 valence electrons. The normalized spacial score (nSPS) is 13.5. The molecule has 1 N–H and O–H groups in total. The van der Waals surface area contributed by atoms with Crippen LogP contribution < -0.4 is 10.1 Å². The Morgan fingerprint density at radius 3 is 2.62 bits per heavy atom. The van der Waals surface area contributed by atoms with Crippen LogP contribution in [0.5, 0.6) is 5.75 Å². The molecule has 0 bridgehead atoms. The number of carbonyl (C=O) groups is 3. The fourth-order valence-corrected chi connectivity index (χ4v) is 2.86. The van der Waals surface area contributed by atoms with E-state index in [4.69, 9.17) is 4.74 Å². The first-order chi connectivity index (χ1) is 11.5. The molecule has 2 amide bonds. The smallest absolute Gasteiger partial charge is 0.255 e. The van der Waals surface area contributed by atoms with Crippen LogP contribution in [0.4, 0.5) is 0 Å². The lowest BCUT2D eigenvalue weighted by atomic mass is 10.1. The number of amides is 2. The summed E-state index contributed by atoms with van der Waals surface area (Å²) in [4.78, 5) is 36.8. The molecule has 2 rings (SSSR count). The number of hydrogen-bond donors (Lipinski definition) is 1. The van der Waals surface area contributed by atoms with E-state index in [0.29, 0.717) is 24.3 Å². The van der Waals surface area contributed by atoms with Gasteiger partial charge in [-0.05, 0) is 25.0 Å². The second-order valence-electron chi connectivity index (χ2n) is 5.25. The summed E-state index contributed by atoms with van der Waals surface area (Å²) >= 11 is 0. The number of rotatable bonds is 6. The summed E-state index contributed by atoms with van der Waals surface area (Å²) in [6.07, 6.45) is 1.30. The summed E-state index contributed by atoms with van der Waals surface area (Å²) in [6.45, 7) is 6.23. The van der Waals surface area contributed by atoms with E-state index in [1.54, 1.807) is 13.2 Å². The molecule has 0 fully saturated rings. The zero-order valence-corrected chi connectivity index (χ0v) is 15.0. The summed E-state index contributed by atoms with van der Waals surface area (Å²) in [5.41, 5.74) is 2.30. The zero-order valence-electron chi connectivity index (χ0n) is 15.0. The molecule has 0 aromatic heterocycles. The molecule has 6 nitrogen and oxygen atoms in total. The Bertz CT molecular complexity index is 613. The topological polar surface area (TPSA) is 75.7 Å². The highest BCUT2D eigenvalue weighted by Crippen LogP contribution is 2.35. The number of likely N-dealkylation sites (N-methyl/N-ethyl adjacent to an activating group) is 1. The second kappa shape index (κ2) is 9.05. The van der Waals surface area contributed by atoms with Gasteiger partial charge in [-0.2, -0.15) is 0 Å². The summed E-state index contributed by atoms with van der Waals surface area (Å²) in [5, 5.41) is 2.56. The molecule has 6 heteroatoms. The number of benzene rings is 1. The van der Waals surface area contributed by atoms with Crippen LogP contribution in [-0.2, 0) is 16.1 Å². The van der Waals surface area contributed by atoms with E-state index in [9.17, 15) is 14.4 Å². The fourth-order valence-electron chi connectivity index (χ4n) is 2.86. The van der Waals surface area contributed by atoms with Gasteiger partial charge in [0.2, 0.25) is 5.91 Å². The van der Waals surface area contributed by atoms with Gasteiger partial charge in [0.15, 0.2) is 0 Å². The number of fused-ring (bicyclic) bond motifs is 1. The number of aldehydes is 1. The molecule has 0 aliphatic carbocycles. The largest absolute Gasteiger partial charge is 0.496 e. The lowest BCUT2D eigenvalue weighted by Gasteiger charge is -2.25. The molecule has 1 atom stereocenters. The van der Waals surface area contributed by atoms with E-state index in [1.165, 1.54) is 11.9 Å². The van der Waals surface area contributed by atoms with Crippen molar-refractivity contribution in [3.63, 3.8) is 0 Å². The highest BCUT2D eigenvalue weighted by Gasteiger charge is 2.37. The van der Waals surface area contributed by atoms with Gasteiger partial charge in [0.25, 0.3) is 5.91 Å². The third kappa shape index (κ3) is 3.75. The highest BCUT2D eigenvalue weighted by atomic mass is 16.5. The summed E-state index contributed by atoms with van der Waals surface area (Å²) in [5.74, 6) is 0.214. The van der Waals surface area contributed by atoms with Crippen molar-refractivity contribution in [1.82, 2.24) is 10.2 Å². The highest BCUT2D eigenvalue weighted by molar-refractivity contribution is 6.02. The van der Waals surface area contributed by atoms with Crippen LogP contribution in [0.3, 0.4) is 0 Å². The molecule has 0 spiro atoms. The van der Waals surface area contributed by atoms with Crippen LogP contribution in [-0.4, -0.2) is 43.2 Å². The van der Waals surface area contributed by atoms with Crippen LogP contribution in [0.1, 0.15) is 48.2 Å². The van der Waals surface area contributed by atoms with Crippen molar-refractivity contribution in [2.75, 3.05) is 14.2 Å². The number of nitrogens with one attached hydrogen (secondary N) is 1. The van der Waals surface area contributed by atoms with Crippen molar-refractivity contribution in [3.05, 3.63) is 28.8 Å². The minimum Gasteiger partial charge on any atom is -0.496 e. The minimum absolute atomic E-state index is 0.201. The first-order valence-corrected chi connectivity index (χ1v) is 8.17. The molecular formula is C18H26N2O4. The number of hydrogen-bond acceptors (Lipinski definition) is 4. The van der Waals surface area contributed by atoms with E-state index in [1.807, 2.05) is 26.8 Å². The van der Waals surface area contributed by atoms with Crippen LogP contribution in [0.25, 0.3) is 0 Å². The SMILES string of the molecule is CC.CNC(=O)C(CCC=O)N1Cc2c(ccc(C)c2OC)C1=O. The minimum atomic E-state index is -0.653. The maximum Gasteiger partial charge on any atom is 0.255 e. The summed E-state index contributed by atoms with van der Waals surface area (Å²) in [7, 11) is 3.09. The molecule has 1 aromatic carbocycles. The second-order valence-corrected chi connectivity index (χ2v) is 5.25. The number of methoxy groups -OCH3 is 1. The van der Waals surface area contributed by atoms with E-state index in [-0.39, 0.29) is 18.2 Å². The Labute approximate surface area is 143 Å². The van der Waals surface area contributed by atoms with Crippen molar-refractivity contribution in [3.8, 4) is 5.75 Å². The van der Waals surface area contributed by atoms with Gasteiger partial charge in [0.05, 0.1) is 13.7 Å². The van der Waals surface area contributed by atoms with Gasteiger partial charge >= 0.3 is 0 Å². The Hall–Kier alpha value is -2.37. The quantitative estimate of drug-likeness (QED) is 0.808. The molecule has 1 aliphatic heterocycles.